The van der Waals surface area contributed by atoms with Gasteiger partial charge in [0.25, 0.3) is 11.8 Å². The van der Waals surface area contributed by atoms with Crippen molar-refractivity contribution in [1.29, 1.82) is 0 Å². The van der Waals surface area contributed by atoms with Crippen LogP contribution in [0.3, 0.4) is 0 Å². The number of hydrogen-bond acceptors (Lipinski definition) is 4. The van der Waals surface area contributed by atoms with E-state index < -0.39 is 0 Å². The van der Waals surface area contributed by atoms with Gasteiger partial charge in [-0.15, -0.1) is 0 Å². The van der Waals surface area contributed by atoms with Crippen molar-refractivity contribution in [3.05, 3.63) is 65.0 Å². The topological polar surface area (TPSA) is 83.1 Å². The summed E-state index contributed by atoms with van der Waals surface area (Å²) in [6, 6.07) is 13.5. The van der Waals surface area contributed by atoms with Crippen molar-refractivity contribution < 1.29 is 9.59 Å². The number of nitrogens with zero attached hydrogens (tertiary/aromatic N) is 1. The van der Waals surface area contributed by atoms with Crippen molar-refractivity contribution in [1.82, 2.24) is 20.9 Å². The molecule has 4 rings (SSSR count). The van der Waals surface area contributed by atoms with Crippen molar-refractivity contribution in [2.24, 2.45) is 11.8 Å². The van der Waals surface area contributed by atoms with Crippen LogP contribution in [0, 0.1) is 11.8 Å². The predicted octanol–water partition coefficient (Wildman–Crippen LogP) is 0.980. The highest BCUT2D eigenvalue weighted by Gasteiger charge is 2.53. The Morgan fingerprint density at radius 3 is 2.54 bits per heavy atom. The fourth-order valence-corrected chi connectivity index (χ4v) is 3.73. The summed E-state index contributed by atoms with van der Waals surface area (Å²) in [7, 11) is 1.56. The van der Waals surface area contributed by atoms with Gasteiger partial charge in [-0.05, 0) is 29.5 Å². The molecule has 0 radical (unpaired) electrons. The van der Waals surface area contributed by atoms with Crippen LogP contribution in [0.2, 0.25) is 0 Å². The van der Waals surface area contributed by atoms with Crippen LogP contribution in [0.5, 0.6) is 0 Å². The number of hydrogen-bond donors (Lipinski definition) is 3. The van der Waals surface area contributed by atoms with Gasteiger partial charge >= 0.3 is 0 Å². The predicted molar refractivity (Wildman–Crippen MR) is 98.0 cm³/mol. The molecule has 1 aliphatic carbocycles. The Hall–Kier alpha value is -2.73. The number of amides is 2. The third-order valence-corrected chi connectivity index (χ3v) is 5.22. The summed E-state index contributed by atoms with van der Waals surface area (Å²) in [5, 5.41) is 9.01. The lowest BCUT2D eigenvalue weighted by Crippen LogP contribution is -2.33. The molecule has 1 unspecified atom stereocenters. The third-order valence-electron chi connectivity index (χ3n) is 5.22. The lowest BCUT2D eigenvalue weighted by molar-refractivity contribution is 0.0946. The minimum atomic E-state index is -0.290. The summed E-state index contributed by atoms with van der Waals surface area (Å²) in [5.74, 6) is 0.665. The zero-order valence-electron chi connectivity index (χ0n) is 14.7. The van der Waals surface area contributed by atoms with E-state index in [1.807, 2.05) is 30.3 Å². The standard InChI is InChI=1S/C20H22N4O2/c1-21-20(26)17-9-13(19(25)24-18-15-10-22-11-16(15)18)8-14(23-17)7-12-5-3-2-4-6-12/h2-6,8-9,15-16,18,22H,7,10-11H2,1H3,(H,21,26)(H,24,25)/t15-,16+,18?. The molecule has 134 valence electrons. The first-order valence-corrected chi connectivity index (χ1v) is 8.94. The first-order chi connectivity index (χ1) is 12.7. The Kier molecular flexibility index (Phi) is 4.42. The monoisotopic (exact) mass is 350 g/mol. The van der Waals surface area contributed by atoms with Gasteiger partial charge in [0.1, 0.15) is 5.69 Å². The van der Waals surface area contributed by atoms with Crippen molar-refractivity contribution >= 4 is 11.8 Å². The summed E-state index contributed by atoms with van der Waals surface area (Å²) in [6.45, 7) is 1.93. The van der Waals surface area contributed by atoms with Gasteiger partial charge < -0.3 is 16.0 Å². The number of carbonyl (C=O) groups is 2. The zero-order valence-corrected chi connectivity index (χ0v) is 14.7. The molecule has 1 aromatic carbocycles. The summed E-state index contributed by atoms with van der Waals surface area (Å²) in [5.41, 5.74) is 2.55. The van der Waals surface area contributed by atoms with Crippen LogP contribution < -0.4 is 16.0 Å². The lowest BCUT2D eigenvalue weighted by Gasteiger charge is -2.11. The molecule has 0 spiro atoms. The Balaban J connectivity index is 1.57. The van der Waals surface area contributed by atoms with Crippen LogP contribution in [-0.2, 0) is 6.42 Å². The molecular weight excluding hydrogens is 328 g/mol. The average Bonchev–Trinajstić information content (AvgIpc) is 3.08. The number of piperidine rings is 1. The van der Waals surface area contributed by atoms with Gasteiger partial charge in [0.2, 0.25) is 0 Å². The lowest BCUT2D eigenvalue weighted by atomic mass is 10.1. The Morgan fingerprint density at radius 2 is 1.85 bits per heavy atom. The SMILES string of the molecule is CNC(=O)c1cc(C(=O)NC2[C@H]3CNC[C@@H]23)cc(Cc2ccccc2)n1. The number of aromatic nitrogens is 1. The number of carbonyl (C=O) groups excluding carboxylic acids is 2. The molecule has 1 aliphatic heterocycles. The normalized spacial score (nSPS) is 23.2. The molecule has 2 heterocycles. The maximum atomic E-state index is 12.7. The highest BCUT2D eigenvalue weighted by Crippen LogP contribution is 2.41. The maximum absolute atomic E-state index is 12.7. The maximum Gasteiger partial charge on any atom is 0.269 e. The van der Waals surface area contributed by atoms with Crippen molar-refractivity contribution in [3.63, 3.8) is 0 Å². The van der Waals surface area contributed by atoms with Gasteiger partial charge in [-0.2, -0.15) is 0 Å². The molecule has 6 nitrogen and oxygen atoms in total. The van der Waals surface area contributed by atoms with Crippen molar-refractivity contribution in [3.8, 4) is 0 Å². The van der Waals surface area contributed by atoms with Crippen molar-refractivity contribution in [2.75, 3.05) is 20.1 Å². The molecule has 1 saturated heterocycles. The first-order valence-electron chi connectivity index (χ1n) is 8.94. The van der Waals surface area contributed by atoms with Gasteiger partial charge in [-0.3, -0.25) is 9.59 Å². The largest absolute Gasteiger partial charge is 0.354 e. The van der Waals surface area contributed by atoms with Crippen LogP contribution in [0.1, 0.15) is 32.1 Å². The molecule has 26 heavy (non-hydrogen) atoms. The van der Waals surface area contributed by atoms with Crippen LogP contribution in [0.4, 0.5) is 0 Å². The molecule has 3 N–H and O–H groups in total. The number of pyridine rings is 1. The summed E-state index contributed by atoms with van der Waals surface area (Å²) in [4.78, 5) is 29.2. The number of fused-ring (bicyclic) bond motifs is 1. The Labute approximate surface area is 152 Å². The fourth-order valence-electron chi connectivity index (χ4n) is 3.73. The quantitative estimate of drug-likeness (QED) is 0.751. The minimum absolute atomic E-state index is 0.133. The zero-order chi connectivity index (χ0) is 18.1. The fraction of sp³-hybridized carbons (Fsp3) is 0.350. The molecule has 2 amide bonds. The second kappa shape index (κ2) is 6.88. The van der Waals surface area contributed by atoms with Crippen molar-refractivity contribution in [2.45, 2.75) is 12.5 Å². The van der Waals surface area contributed by atoms with Gasteiger partial charge in [-0.1, -0.05) is 30.3 Å². The number of nitrogens with one attached hydrogen (secondary N) is 3. The summed E-state index contributed by atoms with van der Waals surface area (Å²) < 4.78 is 0. The van der Waals surface area contributed by atoms with E-state index in [0.717, 1.165) is 18.7 Å². The number of rotatable bonds is 5. The highest BCUT2D eigenvalue weighted by molar-refractivity contribution is 5.98. The second-order valence-corrected chi connectivity index (χ2v) is 6.96. The molecule has 2 aromatic rings. The second-order valence-electron chi connectivity index (χ2n) is 6.96. The molecule has 6 heteroatoms. The molecule has 1 aromatic heterocycles. The average molecular weight is 350 g/mol. The molecule has 2 aliphatic rings. The first kappa shape index (κ1) is 16.7. The third kappa shape index (κ3) is 3.32. The Bertz CT molecular complexity index is 827. The van der Waals surface area contributed by atoms with Crippen LogP contribution in [0.15, 0.2) is 42.5 Å². The van der Waals surface area contributed by atoms with E-state index in [-0.39, 0.29) is 23.6 Å². The van der Waals surface area contributed by atoms with Crippen LogP contribution >= 0.6 is 0 Å². The van der Waals surface area contributed by atoms with Gasteiger partial charge in [0.05, 0.1) is 0 Å². The van der Waals surface area contributed by atoms with E-state index in [4.69, 9.17) is 0 Å². The Morgan fingerprint density at radius 1 is 1.12 bits per heavy atom. The van der Waals surface area contributed by atoms with Gasteiger partial charge in [-0.25, -0.2) is 4.98 Å². The van der Waals surface area contributed by atoms with Gasteiger partial charge in [0, 0.05) is 43.9 Å². The molecule has 3 atom stereocenters. The van der Waals surface area contributed by atoms with Gasteiger partial charge in [0.15, 0.2) is 0 Å². The molecule has 2 fully saturated rings. The van der Waals surface area contributed by atoms with E-state index in [9.17, 15) is 9.59 Å². The van der Waals surface area contributed by atoms with E-state index >= 15 is 0 Å². The van der Waals surface area contributed by atoms with Crippen LogP contribution in [0.25, 0.3) is 0 Å². The smallest absolute Gasteiger partial charge is 0.269 e. The van der Waals surface area contributed by atoms with E-state index in [1.54, 1.807) is 19.2 Å². The minimum Gasteiger partial charge on any atom is -0.354 e. The highest BCUT2D eigenvalue weighted by atomic mass is 16.2. The number of benzene rings is 1. The van der Waals surface area contributed by atoms with E-state index in [1.165, 1.54) is 0 Å². The molecule has 1 saturated carbocycles. The molecule has 0 bridgehead atoms. The van der Waals surface area contributed by atoms with Crippen LogP contribution in [-0.4, -0.2) is 43.0 Å². The molecular formula is C20H22N4O2. The summed E-state index contributed by atoms with van der Waals surface area (Å²) >= 11 is 0. The van der Waals surface area contributed by atoms with E-state index in [0.29, 0.717) is 29.5 Å². The summed E-state index contributed by atoms with van der Waals surface area (Å²) in [6.07, 6.45) is 0.574. The van der Waals surface area contributed by atoms with E-state index in [2.05, 4.69) is 20.9 Å².